The van der Waals surface area contributed by atoms with E-state index in [1.165, 1.54) is 19.3 Å². The number of rotatable bonds is 1. The Morgan fingerprint density at radius 3 is 2.55 bits per heavy atom. The van der Waals surface area contributed by atoms with Crippen LogP contribution in [0, 0.1) is 0 Å². The lowest BCUT2D eigenvalue weighted by Crippen LogP contribution is -2.41. The molecule has 11 heavy (non-hydrogen) atoms. The summed E-state index contributed by atoms with van der Waals surface area (Å²) in [6.07, 6.45) is 4.23. The van der Waals surface area contributed by atoms with Crippen LogP contribution in [-0.4, -0.2) is 29.4 Å². The zero-order valence-corrected chi connectivity index (χ0v) is 6.62. The van der Waals surface area contributed by atoms with Crippen LogP contribution in [0.25, 0.3) is 0 Å². The molecule has 3 nitrogen and oxygen atoms in total. The fourth-order valence-corrected chi connectivity index (χ4v) is 1.81. The molecule has 1 heterocycles. The van der Waals surface area contributed by atoms with Gasteiger partial charge in [0, 0.05) is 25.0 Å². The Morgan fingerprint density at radius 2 is 2.18 bits per heavy atom. The molecule has 1 atom stereocenters. The normalized spacial score (nSPS) is 32.6. The number of likely N-dealkylation sites (tertiary alicyclic amines) is 1. The second kappa shape index (κ2) is 2.48. The monoisotopic (exact) mass is 154 g/mol. The van der Waals surface area contributed by atoms with E-state index in [-0.39, 0.29) is 11.9 Å². The first-order chi connectivity index (χ1) is 5.27. The number of amides is 1. The Kier molecular flexibility index (Phi) is 1.60. The number of nitrogens with zero attached hydrogens (tertiary/aromatic N) is 1. The quantitative estimate of drug-likeness (QED) is 0.582. The van der Waals surface area contributed by atoms with Crippen molar-refractivity contribution in [2.24, 2.45) is 5.73 Å². The maximum Gasteiger partial charge on any atom is 0.224 e. The largest absolute Gasteiger partial charge is 0.338 e. The SMILES string of the molecule is NC1CC(=O)N(C2CCC2)C1. The van der Waals surface area contributed by atoms with Gasteiger partial charge < -0.3 is 10.6 Å². The average molecular weight is 154 g/mol. The molecule has 3 heteroatoms. The van der Waals surface area contributed by atoms with Crippen LogP contribution in [0.4, 0.5) is 0 Å². The third kappa shape index (κ3) is 1.13. The van der Waals surface area contributed by atoms with E-state index < -0.39 is 0 Å². The van der Waals surface area contributed by atoms with Crippen molar-refractivity contribution in [3.8, 4) is 0 Å². The summed E-state index contributed by atoms with van der Waals surface area (Å²) in [7, 11) is 0. The van der Waals surface area contributed by atoms with Crippen molar-refractivity contribution < 1.29 is 4.79 Å². The van der Waals surface area contributed by atoms with E-state index >= 15 is 0 Å². The first-order valence-corrected chi connectivity index (χ1v) is 4.32. The van der Waals surface area contributed by atoms with Gasteiger partial charge in [0.15, 0.2) is 0 Å². The second-order valence-electron chi connectivity index (χ2n) is 3.60. The summed E-state index contributed by atoms with van der Waals surface area (Å²) in [6, 6.07) is 0.638. The van der Waals surface area contributed by atoms with Gasteiger partial charge in [0.25, 0.3) is 0 Å². The van der Waals surface area contributed by atoms with Gasteiger partial charge in [0.2, 0.25) is 5.91 Å². The zero-order chi connectivity index (χ0) is 7.84. The molecule has 1 unspecified atom stereocenters. The Morgan fingerprint density at radius 1 is 1.45 bits per heavy atom. The van der Waals surface area contributed by atoms with Crippen LogP contribution < -0.4 is 5.73 Å². The highest BCUT2D eigenvalue weighted by Crippen LogP contribution is 2.27. The van der Waals surface area contributed by atoms with E-state index in [0.717, 1.165) is 6.54 Å². The lowest BCUT2D eigenvalue weighted by Gasteiger charge is -2.34. The Bertz CT molecular complexity index is 177. The Labute approximate surface area is 66.5 Å². The predicted octanol–water partition coefficient (Wildman–Crippen LogP) is 0.0985. The molecule has 1 amide bonds. The molecule has 1 saturated carbocycles. The molecule has 2 rings (SSSR count). The van der Waals surface area contributed by atoms with E-state index in [0.29, 0.717) is 12.5 Å². The maximum absolute atomic E-state index is 11.3. The summed E-state index contributed by atoms with van der Waals surface area (Å²) in [4.78, 5) is 13.2. The van der Waals surface area contributed by atoms with Crippen molar-refractivity contribution in [1.82, 2.24) is 4.90 Å². The molecule has 0 spiro atoms. The van der Waals surface area contributed by atoms with E-state index in [2.05, 4.69) is 0 Å². The summed E-state index contributed by atoms with van der Waals surface area (Å²) in [5.41, 5.74) is 5.67. The third-order valence-corrected chi connectivity index (χ3v) is 2.70. The van der Waals surface area contributed by atoms with Gasteiger partial charge in [-0.15, -0.1) is 0 Å². The van der Waals surface area contributed by atoms with Gasteiger partial charge in [-0.2, -0.15) is 0 Å². The Hall–Kier alpha value is -0.570. The van der Waals surface area contributed by atoms with Crippen molar-refractivity contribution in [3.63, 3.8) is 0 Å². The highest BCUT2D eigenvalue weighted by molar-refractivity contribution is 5.79. The predicted molar refractivity (Wildman–Crippen MR) is 41.9 cm³/mol. The first-order valence-electron chi connectivity index (χ1n) is 4.32. The second-order valence-corrected chi connectivity index (χ2v) is 3.60. The topological polar surface area (TPSA) is 46.3 Å². The summed E-state index contributed by atoms with van der Waals surface area (Å²) in [6.45, 7) is 0.795. The molecule has 62 valence electrons. The van der Waals surface area contributed by atoms with Crippen LogP contribution in [-0.2, 0) is 4.79 Å². The van der Waals surface area contributed by atoms with Crippen LogP contribution in [0.5, 0.6) is 0 Å². The summed E-state index contributed by atoms with van der Waals surface area (Å²) < 4.78 is 0. The first kappa shape index (κ1) is 7.10. The van der Waals surface area contributed by atoms with Crippen LogP contribution in [0.1, 0.15) is 25.7 Å². The molecular formula is C8H14N2O. The van der Waals surface area contributed by atoms with Crippen molar-refractivity contribution in [2.45, 2.75) is 37.8 Å². The molecule has 0 aromatic heterocycles. The van der Waals surface area contributed by atoms with Crippen molar-refractivity contribution in [1.29, 1.82) is 0 Å². The van der Waals surface area contributed by atoms with Gasteiger partial charge in [0.1, 0.15) is 0 Å². The van der Waals surface area contributed by atoms with Gasteiger partial charge in [-0.05, 0) is 19.3 Å². The van der Waals surface area contributed by atoms with Crippen molar-refractivity contribution >= 4 is 5.91 Å². The van der Waals surface area contributed by atoms with E-state index in [1.807, 2.05) is 4.90 Å². The molecule has 1 aliphatic heterocycles. The molecule has 1 aliphatic carbocycles. The van der Waals surface area contributed by atoms with Gasteiger partial charge in [-0.1, -0.05) is 0 Å². The number of carbonyl (C=O) groups excluding carboxylic acids is 1. The summed E-state index contributed by atoms with van der Waals surface area (Å²) >= 11 is 0. The van der Waals surface area contributed by atoms with Crippen LogP contribution in [0.3, 0.4) is 0 Å². The average Bonchev–Trinajstić information content (AvgIpc) is 2.07. The molecule has 0 aromatic carbocycles. The lowest BCUT2D eigenvalue weighted by atomic mass is 9.92. The molecule has 0 radical (unpaired) electrons. The van der Waals surface area contributed by atoms with Crippen LogP contribution in [0.15, 0.2) is 0 Å². The lowest BCUT2D eigenvalue weighted by molar-refractivity contribution is -0.131. The fraction of sp³-hybridized carbons (Fsp3) is 0.875. The molecule has 1 saturated heterocycles. The fourth-order valence-electron chi connectivity index (χ4n) is 1.81. The number of carbonyl (C=O) groups is 1. The van der Waals surface area contributed by atoms with Crippen LogP contribution in [0.2, 0.25) is 0 Å². The van der Waals surface area contributed by atoms with Crippen molar-refractivity contribution in [2.75, 3.05) is 6.54 Å². The number of hydrogen-bond acceptors (Lipinski definition) is 2. The molecule has 0 aromatic rings. The molecule has 2 fully saturated rings. The number of nitrogens with two attached hydrogens (primary N) is 1. The van der Waals surface area contributed by atoms with E-state index in [1.54, 1.807) is 0 Å². The summed E-state index contributed by atoms with van der Waals surface area (Å²) in [5, 5.41) is 0. The van der Waals surface area contributed by atoms with E-state index in [9.17, 15) is 4.79 Å². The van der Waals surface area contributed by atoms with Gasteiger partial charge in [-0.3, -0.25) is 4.79 Å². The van der Waals surface area contributed by atoms with Crippen LogP contribution >= 0.6 is 0 Å². The molecule has 2 N–H and O–H groups in total. The number of hydrogen-bond donors (Lipinski definition) is 1. The highest BCUT2D eigenvalue weighted by atomic mass is 16.2. The zero-order valence-electron chi connectivity index (χ0n) is 6.62. The molecule has 0 bridgehead atoms. The minimum Gasteiger partial charge on any atom is -0.338 e. The maximum atomic E-state index is 11.3. The van der Waals surface area contributed by atoms with E-state index in [4.69, 9.17) is 5.73 Å². The van der Waals surface area contributed by atoms with Crippen molar-refractivity contribution in [3.05, 3.63) is 0 Å². The van der Waals surface area contributed by atoms with Gasteiger partial charge >= 0.3 is 0 Å². The summed E-state index contributed by atoms with van der Waals surface area (Å²) in [5.74, 6) is 0.266. The Balaban J connectivity index is 1.97. The standard InChI is InChI=1S/C8H14N2O/c9-6-4-8(11)10(5-6)7-2-1-3-7/h6-7H,1-5,9H2. The smallest absolute Gasteiger partial charge is 0.224 e. The minimum atomic E-state index is 0.100. The molecular weight excluding hydrogens is 140 g/mol. The molecule has 2 aliphatic rings. The van der Waals surface area contributed by atoms with Gasteiger partial charge in [-0.25, -0.2) is 0 Å². The minimum absolute atomic E-state index is 0.100. The third-order valence-electron chi connectivity index (χ3n) is 2.70. The highest BCUT2D eigenvalue weighted by Gasteiger charge is 2.34. The van der Waals surface area contributed by atoms with Gasteiger partial charge in [0.05, 0.1) is 0 Å².